The summed E-state index contributed by atoms with van der Waals surface area (Å²) >= 11 is 0. The molecule has 1 fully saturated rings. The van der Waals surface area contributed by atoms with Crippen LogP contribution in [0.25, 0.3) is 10.8 Å². The van der Waals surface area contributed by atoms with Gasteiger partial charge in [0.25, 0.3) is 0 Å². The zero-order chi connectivity index (χ0) is 25.4. The molecular weight excluding hydrogens is 430 g/mol. The number of nitrogens with zero attached hydrogens (tertiary/aromatic N) is 3. The third-order valence-electron chi connectivity index (χ3n) is 7.44. The van der Waals surface area contributed by atoms with Gasteiger partial charge in [0, 0.05) is 36.9 Å². The van der Waals surface area contributed by atoms with Gasteiger partial charge in [0.05, 0.1) is 19.4 Å². The predicted molar refractivity (Wildman–Crippen MR) is 152 cm³/mol. The molecule has 1 aliphatic heterocycles. The SMILES string of the molecule is C=C(N=C1CN(c2cccc3cccc(CC)c23)CC/C1=C(/C)N(C)CC(CCC)CCC)OC. The molecule has 0 aliphatic carbocycles. The summed E-state index contributed by atoms with van der Waals surface area (Å²) in [7, 11) is 3.89. The van der Waals surface area contributed by atoms with Crippen molar-refractivity contribution in [2.75, 3.05) is 38.7 Å². The van der Waals surface area contributed by atoms with Crippen molar-refractivity contribution in [1.82, 2.24) is 4.90 Å². The normalized spacial score (nSPS) is 16.8. The highest BCUT2D eigenvalue weighted by Crippen LogP contribution is 2.33. The first-order chi connectivity index (χ1) is 16.9. The van der Waals surface area contributed by atoms with Gasteiger partial charge in [-0.15, -0.1) is 0 Å². The largest absolute Gasteiger partial charge is 0.481 e. The average Bonchev–Trinajstić information content (AvgIpc) is 2.87. The van der Waals surface area contributed by atoms with Crippen LogP contribution < -0.4 is 4.90 Å². The summed E-state index contributed by atoms with van der Waals surface area (Å²) in [6.45, 7) is 15.9. The second kappa shape index (κ2) is 12.8. The van der Waals surface area contributed by atoms with Gasteiger partial charge in [-0.05, 0) is 67.7 Å². The fourth-order valence-electron chi connectivity index (χ4n) is 5.49. The van der Waals surface area contributed by atoms with Crippen LogP contribution in [0.3, 0.4) is 0 Å². The van der Waals surface area contributed by atoms with Crippen molar-refractivity contribution in [2.24, 2.45) is 10.9 Å². The van der Waals surface area contributed by atoms with Gasteiger partial charge in [-0.1, -0.05) is 63.9 Å². The number of aliphatic imine (C=N–C) groups is 1. The van der Waals surface area contributed by atoms with Gasteiger partial charge in [0.2, 0.25) is 5.88 Å². The van der Waals surface area contributed by atoms with Crippen LogP contribution in [0.15, 0.2) is 65.1 Å². The lowest BCUT2D eigenvalue weighted by atomic mass is 9.94. The quantitative estimate of drug-likeness (QED) is 0.313. The molecule has 3 rings (SSSR count). The van der Waals surface area contributed by atoms with E-state index in [2.05, 4.69) is 87.5 Å². The molecule has 1 saturated heterocycles. The Labute approximate surface area is 213 Å². The number of piperidine rings is 1. The maximum absolute atomic E-state index is 5.38. The number of anilines is 1. The van der Waals surface area contributed by atoms with Crippen molar-refractivity contribution in [3.8, 4) is 0 Å². The van der Waals surface area contributed by atoms with E-state index in [0.717, 1.165) is 44.1 Å². The number of allylic oxidation sites excluding steroid dienone is 1. The fourth-order valence-corrected chi connectivity index (χ4v) is 5.49. The molecule has 4 heteroatoms. The lowest BCUT2D eigenvalue weighted by Gasteiger charge is -2.35. The fraction of sp³-hybridized carbons (Fsp3) is 0.516. The maximum Gasteiger partial charge on any atom is 0.205 e. The van der Waals surface area contributed by atoms with Crippen LogP contribution in [-0.4, -0.2) is 44.4 Å². The molecule has 4 nitrogen and oxygen atoms in total. The van der Waals surface area contributed by atoms with Crippen LogP contribution in [0.5, 0.6) is 0 Å². The number of methoxy groups -OCH3 is 1. The molecule has 0 unspecified atom stereocenters. The smallest absolute Gasteiger partial charge is 0.205 e. The van der Waals surface area contributed by atoms with Gasteiger partial charge in [-0.2, -0.15) is 0 Å². The topological polar surface area (TPSA) is 28.1 Å². The van der Waals surface area contributed by atoms with E-state index in [1.807, 2.05) is 0 Å². The Morgan fingerprint density at radius 2 is 1.80 bits per heavy atom. The molecule has 190 valence electrons. The van der Waals surface area contributed by atoms with Gasteiger partial charge < -0.3 is 14.5 Å². The second-order valence-corrected chi connectivity index (χ2v) is 9.86. The molecule has 0 atom stereocenters. The van der Waals surface area contributed by atoms with E-state index in [0.29, 0.717) is 5.88 Å². The van der Waals surface area contributed by atoms with Gasteiger partial charge in [-0.3, -0.25) is 0 Å². The zero-order valence-corrected chi connectivity index (χ0v) is 22.9. The summed E-state index contributed by atoms with van der Waals surface area (Å²) in [5, 5.41) is 2.67. The maximum atomic E-state index is 5.38. The Morgan fingerprint density at radius 3 is 2.43 bits per heavy atom. The summed E-state index contributed by atoms with van der Waals surface area (Å²) in [6, 6.07) is 13.3. The van der Waals surface area contributed by atoms with Crippen molar-refractivity contribution in [3.05, 3.63) is 65.7 Å². The Bertz CT molecular complexity index is 1060. The van der Waals surface area contributed by atoms with Crippen molar-refractivity contribution in [2.45, 2.75) is 66.2 Å². The highest BCUT2D eigenvalue weighted by atomic mass is 16.5. The van der Waals surface area contributed by atoms with E-state index in [9.17, 15) is 0 Å². The van der Waals surface area contributed by atoms with Crippen LogP contribution >= 0.6 is 0 Å². The minimum Gasteiger partial charge on any atom is -0.481 e. The van der Waals surface area contributed by atoms with Crippen molar-refractivity contribution < 1.29 is 4.74 Å². The molecule has 2 aromatic rings. The van der Waals surface area contributed by atoms with Crippen LogP contribution in [-0.2, 0) is 11.2 Å². The van der Waals surface area contributed by atoms with E-state index >= 15 is 0 Å². The van der Waals surface area contributed by atoms with E-state index in [-0.39, 0.29) is 0 Å². The molecule has 35 heavy (non-hydrogen) atoms. The minimum absolute atomic E-state index is 0.469. The highest BCUT2D eigenvalue weighted by molar-refractivity contribution is 6.07. The van der Waals surface area contributed by atoms with E-state index in [1.165, 1.54) is 59.0 Å². The number of ether oxygens (including phenoxy) is 1. The monoisotopic (exact) mass is 475 g/mol. The standard InChI is InChI=1S/C31H45N3O/c1-8-13-25(14-9-2)21-33(6)23(4)28-19-20-34(22-29(28)32-24(5)35-7)30-18-12-17-27-16-11-15-26(10-3)31(27)30/h11-12,15-18,25H,5,8-10,13-14,19-22H2,1-4,6-7H3/b28-23+,32-29?. The lowest BCUT2D eigenvalue weighted by Crippen LogP contribution is -2.39. The Morgan fingerprint density at radius 1 is 1.11 bits per heavy atom. The first-order valence-corrected chi connectivity index (χ1v) is 13.4. The minimum atomic E-state index is 0.469. The Hall–Kier alpha value is -2.75. The molecule has 1 heterocycles. The van der Waals surface area contributed by atoms with Crippen molar-refractivity contribution >= 4 is 22.2 Å². The number of benzene rings is 2. The van der Waals surface area contributed by atoms with E-state index in [1.54, 1.807) is 7.11 Å². The molecule has 0 saturated carbocycles. The molecule has 0 N–H and O–H groups in total. The first-order valence-electron chi connectivity index (χ1n) is 13.4. The van der Waals surface area contributed by atoms with Crippen molar-refractivity contribution in [1.29, 1.82) is 0 Å². The average molecular weight is 476 g/mol. The molecule has 2 aromatic carbocycles. The van der Waals surface area contributed by atoms with Gasteiger partial charge in [-0.25, -0.2) is 4.99 Å². The first kappa shape index (κ1) is 26.8. The number of fused-ring (bicyclic) bond motifs is 1. The zero-order valence-electron chi connectivity index (χ0n) is 22.9. The molecule has 0 aromatic heterocycles. The van der Waals surface area contributed by atoms with Crippen molar-refractivity contribution in [3.63, 3.8) is 0 Å². The predicted octanol–water partition coefficient (Wildman–Crippen LogP) is 7.59. The Kier molecular flexibility index (Phi) is 9.83. The molecular formula is C31H45N3O. The highest BCUT2D eigenvalue weighted by Gasteiger charge is 2.25. The summed E-state index contributed by atoms with van der Waals surface area (Å²) in [6.07, 6.45) is 7.05. The van der Waals surface area contributed by atoms with Crippen LogP contribution in [0.2, 0.25) is 0 Å². The summed E-state index contributed by atoms with van der Waals surface area (Å²) in [5.41, 5.74) is 6.43. The van der Waals surface area contributed by atoms with Crippen LogP contribution in [0.4, 0.5) is 5.69 Å². The van der Waals surface area contributed by atoms with E-state index < -0.39 is 0 Å². The number of rotatable bonds is 11. The van der Waals surface area contributed by atoms with Gasteiger partial charge in [0.1, 0.15) is 0 Å². The summed E-state index contributed by atoms with van der Waals surface area (Å²) < 4.78 is 5.38. The lowest BCUT2D eigenvalue weighted by molar-refractivity contribution is 0.290. The van der Waals surface area contributed by atoms with Gasteiger partial charge in [0.15, 0.2) is 0 Å². The molecule has 1 aliphatic rings. The molecule has 0 spiro atoms. The number of aryl methyl sites for hydroxylation is 1. The van der Waals surface area contributed by atoms with Gasteiger partial charge >= 0.3 is 0 Å². The number of hydrogen-bond donors (Lipinski definition) is 0. The summed E-state index contributed by atoms with van der Waals surface area (Å²) in [5.74, 6) is 1.21. The van der Waals surface area contributed by atoms with E-state index in [4.69, 9.17) is 9.73 Å². The second-order valence-electron chi connectivity index (χ2n) is 9.86. The van der Waals surface area contributed by atoms with Crippen LogP contribution in [0, 0.1) is 5.92 Å². The molecule has 0 bridgehead atoms. The third-order valence-corrected chi connectivity index (χ3v) is 7.44. The Balaban J connectivity index is 1.95. The van der Waals surface area contributed by atoms with Crippen LogP contribution in [0.1, 0.15) is 65.4 Å². The molecule has 0 amide bonds. The third kappa shape index (κ3) is 6.48. The summed E-state index contributed by atoms with van der Waals surface area (Å²) in [4.78, 5) is 9.80. The molecule has 0 radical (unpaired) electrons. The number of hydrogen-bond acceptors (Lipinski definition) is 4.